The second-order valence-electron chi connectivity index (χ2n) is 7.45. The van der Waals surface area contributed by atoms with Crippen molar-refractivity contribution in [2.45, 2.75) is 65.3 Å². The molecule has 124 valence electrons. The van der Waals surface area contributed by atoms with Crippen LogP contribution < -0.4 is 5.32 Å². The minimum Gasteiger partial charge on any atom is -0.316 e. The fourth-order valence-electron chi connectivity index (χ4n) is 4.38. The molecule has 2 aliphatic rings. The van der Waals surface area contributed by atoms with Crippen molar-refractivity contribution in [1.29, 1.82) is 0 Å². The lowest BCUT2D eigenvalue weighted by Crippen LogP contribution is -2.55. The molecule has 0 aromatic carbocycles. The molecule has 1 unspecified atom stereocenters. The van der Waals surface area contributed by atoms with Crippen LogP contribution in [-0.2, 0) is 0 Å². The minimum absolute atomic E-state index is 0.557. The molecular formula is C18H37N3. The molecule has 1 saturated carbocycles. The number of rotatable bonds is 7. The number of hydrogen-bond donors (Lipinski definition) is 1. The summed E-state index contributed by atoms with van der Waals surface area (Å²) in [6.45, 7) is 15.7. The lowest BCUT2D eigenvalue weighted by Gasteiger charge is -2.46. The van der Waals surface area contributed by atoms with Gasteiger partial charge in [-0.15, -0.1) is 0 Å². The van der Waals surface area contributed by atoms with Gasteiger partial charge in [-0.05, 0) is 44.7 Å². The van der Waals surface area contributed by atoms with Crippen molar-refractivity contribution in [3.8, 4) is 0 Å². The zero-order valence-electron chi connectivity index (χ0n) is 14.7. The lowest BCUT2D eigenvalue weighted by atomic mass is 9.73. The molecule has 0 amide bonds. The molecule has 1 saturated heterocycles. The molecule has 2 rings (SSSR count). The first-order chi connectivity index (χ1) is 10.2. The van der Waals surface area contributed by atoms with Crippen LogP contribution in [0.1, 0.15) is 59.3 Å². The summed E-state index contributed by atoms with van der Waals surface area (Å²) < 4.78 is 0. The molecular weight excluding hydrogens is 258 g/mol. The van der Waals surface area contributed by atoms with E-state index in [1.807, 2.05) is 0 Å². The molecule has 1 heterocycles. The van der Waals surface area contributed by atoms with Crippen LogP contribution in [0, 0.1) is 5.41 Å². The first-order valence-corrected chi connectivity index (χ1v) is 9.36. The molecule has 3 heteroatoms. The van der Waals surface area contributed by atoms with Crippen LogP contribution in [0.3, 0.4) is 0 Å². The van der Waals surface area contributed by atoms with E-state index in [4.69, 9.17) is 0 Å². The van der Waals surface area contributed by atoms with Crippen LogP contribution >= 0.6 is 0 Å². The Balaban J connectivity index is 1.89. The predicted molar refractivity (Wildman–Crippen MR) is 91.8 cm³/mol. The van der Waals surface area contributed by atoms with Gasteiger partial charge in [0.15, 0.2) is 0 Å². The van der Waals surface area contributed by atoms with Gasteiger partial charge in [0, 0.05) is 38.8 Å². The van der Waals surface area contributed by atoms with Gasteiger partial charge in [0.1, 0.15) is 0 Å². The summed E-state index contributed by atoms with van der Waals surface area (Å²) in [5.41, 5.74) is 0.557. The zero-order valence-corrected chi connectivity index (χ0v) is 14.7. The molecule has 1 aliphatic carbocycles. The molecule has 1 aliphatic heterocycles. The maximum Gasteiger partial charge on any atom is 0.0195 e. The second-order valence-corrected chi connectivity index (χ2v) is 7.45. The van der Waals surface area contributed by atoms with Crippen molar-refractivity contribution in [3.63, 3.8) is 0 Å². The van der Waals surface area contributed by atoms with Crippen LogP contribution in [0.15, 0.2) is 0 Å². The number of nitrogens with zero attached hydrogens (tertiary/aromatic N) is 2. The maximum atomic E-state index is 3.73. The molecule has 0 radical (unpaired) electrons. The molecule has 0 aromatic rings. The monoisotopic (exact) mass is 295 g/mol. The van der Waals surface area contributed by atoms with E-state index in [1.165, 1.54) is 84.3 Å². The Morgan fingerprint density at radius 1 is 1.10 bits per heavy atom. The number of likely N-dealkylation sites (N-methyl/N-ethyl adjacent to an activating group) is 1. The Hall–Kier alpha value is -0.120. The lowest BCUT2D eigenvalue weighted by molar-refractivity contribution is 0.0385. The summed E-state index contributed by atoms with van der Waals surface area (Å²) in [5.74, 6) is 0. The Bertz CT molecular complexity index is 286. The van der Waals surface area contributed by atoms with Crippen molar-refractivity contribution in [2.24, 2.45) is 5.41 Å². The van der Waals surface area contributed by atoms with Gasteiger partial charge in [0.25, 0.3) is 0 Å². The van der Waals surface area contributed by atoms with E-state index < -0.39 is 0 Å². The normalized spacial score (nSPS) is 27.9. The summed E-state index contributed by atoms with van der Waals surface area (Å²) in [7, 11) is 0. The van der Waals surface area contributed by atoms with E-state index in [-0.39, 0.29) is 0 Å². The van der Waals surface area contributed by atoms with Crippen LogP contribution in [0.5, 0.6) is 0 Å². The summed E-state index contributed by atoms with van der Waals surface area (Å²) in [6.07, 6.45) is 8.46. The van der Waals surface area contributed by atoms with Crippen molar-refractivity contribution in [3.05, 3.63) is 0 Å². The quantitative estimate of drug-likeness (QED) is 0.729. The average molecular weight is 296 g/mol. The van der Waals surface area contributed by atoms with Crippen LogP contribution in [0.25, 0.3) is 0 Å². The Morgan fingerprint density at radius 3 is 2.48 bits per heavy atom. The van der Waals surface area contributed by atoms with Crippen molar-refractivity contribution < 1.29 is 0 Å². The Kier molecular flexibility index (Phi) is 6.97. The van der Waals surface area contributed by atoms with Crippen molar-refractivity contribution in [1.82, 2.24) is 15.1 Å². The van der Waals surface area contributed by atoms with Gasteiger partial charge in [-0.25, -0.2) is 0 Å². The fourth-order valence-corrected chi connectivity index (χ4v) is 4.38. The van der Waals surface area contributed by atoms with Crippen LogP contribution in [0.2, 0.25) is 0 Å². The summed E-state index contributed by atoms with van der Waals surface area (Å²) >= 11 is 0. The zero-order chi connectivity index (χ0) is 15.1. The summed E-state index contributed by atoms with van der Waals surface area (Å²) in [5, 5.41) is 3.73. The van der Waals surface area contributed by atoms with Gasteiger partial charge in [0.05, 0.1) is 0 Å². The largest absolute Gasteiger partial charge is 0.316 e. The Morgan fingerprint density at radius 2 is 1.86 bits per heavy atom. The Labute approximate surface area is 132 Å². The van der Waals surface area contributed by atoms with E-state index >= 15 is 0 Å². The van der Waals surface area contributed by atoms with Gasteiger partial charge in [-0.2, -0.15) is 0 Å². The highest BCUT2D eigenvalue weighted by molar-refractivity contribution is 4.90. The molecule has 1 N–H and O–H groups in total. The number of hydrogen-bond acceptors (Lipinski definition) is 3. The highest BCUT2D eigenvalue weighted by Gasteiger charge is 2.35. The average Bonchev–Trinajstić information content (AvgIpc) is 2.49. The summed E-state index contributed by atoms with van der Waals surface area (Å²) in [6, 6.07) is 0.730. The predicted octanol–water partition coefficient (Wildman–Crippen LogP) is 2.96. The molecule has 0 spiro atoms. The smallest absolute Gasteiger partial charge is 0.0195 e. The molecule has 3 nitrogen and oxygen atoms in total. The fraction of sp³-hybridized carbons (Fsp3) is 1.00. The van der Waals surface area contributed by atoms with Crippen LogP contribution in [0.4, 0.5) is 0 Å². The van der Waals surface area contributed by atoms with Gasteiger partial charge in [-0.3, -0.25) is 9.80 Å². The van der Waals surface area contributed by atoms with Gasteiger partial charge in [-0.1, -0.05) is 33.1 Å². The van der Waals surface area contributed by atoms with Gasteiger partial charge >= 0.3 is 0 Å². The van der Waals surface area contributed by atoms with E-state index in [1.54, 1.807) is 0 Å². The van der Waals surface area contributed by atoms with Crippen molar-refractivity contribution in [2.75, 3.05) is 45.8 Å². The van der Waals surface area contributed by atoms with E-state index in [0.29, 0.717) is 5.41 Å². The van der Waals surface area contributed by atoms with Crippen LogP contribution in [-0.4, -0.2) is 61.7 Å². The molecule has 0 bridgehead atoms. The van der Waals surface area contributed by atoms with Crippen molar-refractivity contribution >= 4 is 0 Å². The van der Waals surface area contributed by atoms with Gasteiger partial charge in [0.2, 0.25) is 0 Å². The second kappa shape index (κ2) is 8.50. The highest BCUT2D eigenvalue weighted by Crippen LogP contribution is 2.37. The third-order valence-corrected chi connectivity index (χ3v) is 5.66. The minimum atomic E-state index is 0.557. The van der Waals surface area contributed by atoms with Gasteiger partial charge < -0.3 is 5.32 Å². The third-order valence-electron chi connectivity index (χ3n) is 5.66. The third kappa shape index (κ3) is 4.94. The standard InChI is InChI=1S/C18H37N3/c1-4-11-19-15-18(9-7-6-8-10-18)16-20-12-13-21(5-2)17(3)14-20/h17,19H,4-16H2,1-3H3. The summed E-state index contributed by atoms with van der Waals surface area (Å²) in [4.78, 5) is 5.38. The first kappa shape index (κ1) is 17.2. The van der Waals surface area contributed by atoms with E-state index in [0.717, 1.165) is 6.04 Å². The first-order valence-electron chi connectivity index (χ1n) is 9.36. The number of nitrogens with one attached hydrogen (secondary N) is 1. The SMILES string of the molecule is CCCNCC1(CN2CCN(CC)C(C)C2)CCCCC1. The highest BCUT2D eigenvalue weighted by atomic mass is 15.3. The number of piperazine rings is 1. The molecule has 21 heavy (non-hydrogen) atoms. The molecule has 2 fully saturated rings. The van der Waals surface area contributed by atoms with E-state index in [9.17, 15) is 0 Å². The molecule has 1 atom stereocenters. The maximum absolute atomic E-state index is 3.73. The molecule has 0 aromatic heterocycles. The van der Waals surface area contributed by atoms with E-state index in [2.05, 4.69) is 35.9 Å². The topological polar surface area (TPSA) is 18.5 Å².